The molecule has 3 aliphatic rings. The molecule has 0 heterocycles. The Kier molecular flexibility index (Phi) is 7.45. The molecule has 2 saturated carbocycles. The number of benzene rings is 1. The molecule has 1 aromatic rings. The first kappa shape index (κ1) is 22.5. The number of hydrogen-bond acceptors (Lipinski definition) is 1. The Balaban J connectivity index is 1.30. The van der Waals surface area contributed by atoms with E-state index in [4.69, 9.17) is 0 Å². The number of rotatable bonds is 6. The molecule has 0 amide bonds. The second-order valence-corrected chi connectivity index (χ2v) is 9.87. The number of hydrogen-bond donors (Lipinski definition) is 0. The quantitative estimate of drug-likeness (QED) is 0.411. The van der Waals surface area contributed by atoms with Gasteiger partial charge in [0.15, 0.2) is 17.4 Å². The average Bonchev–Trinajstić information content (AvgIpc) is 2.81. The van der Waals surface area contributed by atoms with Crippen molar-refractivity contribution in [2.45, 2.75) is 70.6 Å². The van der Waals surface area contributed by atoms with Gasteiger partial charge < -0.3 is 4.74 Å². The van der Waals surface area contributed by atoms with E-state index in [0.29, 0.717) is 11.5 Å². The Bertz CT molecular complexity index is 763. The summed E-state index contributed by atoms with van der Waals surface area (Å²) in [5, 5.41) is 0. The van der Waals surface area contributed by atoms with Crippen LogP contribution in [0, 0.1) is 41.2 Å². The van der Waals surface area contributed by atoms with E-state index in [2.05, 4.69) is 23.5 Å². The first-order valence-electron chi connectivity index (χ1n) is 12.1. The third kappa shape index (κ3) is 5.21. The Morgan fingerprint density at radius 2 is 1.39 bits per heavy atom. The van der Waals surface area contributed by atoms with Gasteiger partial charge in [-0.25, -0.2) is 13.2 Å². The van der Waals surface area contributed by atoms with Gasteiger partial charge in [0.05, 0.1) is 0 Å². The minimum atomic E-state index is -1.24. The van der Waals surface area contributed by atoms with Crippen molar-refractivity contribution in [3.63, 3.8) is 0 Å². The minimum absolute atomic E-state index is 0.554. The van der Waals surface area contributed by atoms with E-state index in [1.807, 2.05) is 0 Å². The zero-order valence-corrected chi connectivity index (χ0v) is 18.4. The third-order valence-electron chi connectivity index (χ3n) is 8.32. The topological polar surface area (TPSA) is 9.23 Å². The molecular weight excluding hydrogens is 397 g/mol. The molecular formula is C27H35F3O. The van der Waals surface area contributed by atoms with Crippen molar-refractivity contribution in [3.8, 4) is 5.75 Å². The van der Waals surface area contributed by atoms with E-state index < -0.39 is 24.2 Å². The normalized spacial score (nSPS) is 31.7. The number of halogens is 3. The summed E-state index contributed by atoms with van der Waals surface area (Å²) in [6, 6.07) is 2.54. The fourth-order valence-electron chi connectivity index (χ4n) is 6.42. The molecule has 0 radical (unpaired) electrons. The van der Waals surface area contributed by atoms with E-state index in [1.54, 1.807) is 0 Å². The Hall–Kier alpha value is -1.71. The van der Waals surface area contributed by atoms with Crippen molar-refractivity contribution in [1.82, 2.24) is 0 Å². The molecule has 1 unspecified atom stereocenters. The highest BCUT2D eigenvalue weighted by molar-refractivity contribution is 5.67. The van der Waals surface area contributed by atoms with Gasteiger partial charge in [-0.15, -0.1) is 6.58 Å². The monoisotopic (exact) mass is 432 g/mol. The summed E-state index contributed by atoms with van der Waals surface area (Å²) in [6.07, 6.45) is 18.0. The van der Waals surface area contributed by atoms with Crippen LogP contribution in [-0.4, -0.2) is 6.86 Å². The van der Waals surface area contributed by atoms with Gasteiger partial charge in [-0.05, 0) is 123 Å². The molecule has 2 fully saturated rings. The lowest BCUT2D eigenvalue weighted by atomic mass is 9.66. The molecule has 0 bridgehead atoms. The van der Waals surface area contributed by atoms with Crippen molar-refractivity contribution in [3.05, 3.63) is 48.1 Å². The standard InChI is InChI=1S/C27H35F3O/c1-2-18-3-5-19(6-4-18)20-7-9-21(10-8-20)22-11-13-23(14-12-22)24-15-25(29)27(31-17-28)26(30)16-24/h2,13,15-16,18-22H,1,3-12,14,17H2. The van der Waals surface area contributed by atoms with Crippen molar-refractivity contribution in [1.29, 1.82) is 0 Å². The van der Waals surface area contributed by atoms with Gasteiger partial charge in [0.1, 0.15) is 0 Å². The van der Waals surface area contributed by atoms with Crippen LogP contribution in [0.25, 0.3) is 5.57 Å². The molecule has 4 rings (SSSR count). The maximum Gasteiger partial charge on any atom is 0.228 e. The van der Waals surface area contributed by atoms with Gasteiger partial charge in [0.2, 0.25) is 6.86 Å². The Morgan fingerprint density at radius 3 is 1.87 bits per heavy atom. The van der Waals surface area contributed by atoms with Crippen molar-refractivity contribution < 1.29 is 17.9 Å². The molecule has 4 heteroatoms. The predicted molar refractivity (Wildman–Crippen MR) is 119 cm³/mol. The van der Waals surface area contributed by atoms with E-state index in [1.165, 1.54) is 63.5 Å². The fraction of sp³-hybridized carbons (Fsp3) is 0.630. The summed E-state index contributed by atoms with van der Waals surface area (Å²) in [5.74, 6) is 1.74. The third-order valence-corrected chi connectivity index (χ3v) is 8.32. The highest BCUT2D eigenvalue weighted by atomic mass is 19.1. The second-order valence-electron chi connectivity index (χ2n) is 9.87. The van der Waals surface area contributed by atoms with Crippen LogP contribution in [0.3, 0.4) is 0 Å². The maximum absolute atomic E-state index is 14.1. The van der Waals surface area contributed by atoms with Crippen LogP contribution in [-0.2, 0) is 0 Å². The van der Waals surface area contributed by atoms with Gasteiger partial charge in [0, 0.05) is 0 Å². The lowest BCUT2D eigenvalue weighted by molar-refractivity contribution is 0.128. The lowest BCUT2D eigenvalue weighted by Gasteiger charge is -2.40. The van der Waals surface area contributed by atoms with Crippen molar-refractivity contribution in [2.75, 3.05) is 6.86 Å². The molecule has 3 aliphatic carbocycles. The minimum Gasteiger partial charge on any atom is -0.457 e. The van der Waals surface area contributed by atoms with Gasteiger partial charge in [-0.2, -0.15) is 0 Å². The van der Waals surface area contributed by atoms with E-state index in [-0.39, 0.29) is 0 Å². The summed E-state index contributed by atoms with van der Waals surface area (Å²) in [5.41, 5.74) is 1.55. The second kappa shape index (κ2) is 10.3. The summed E-state index contributed by atoms with van der Waals surface area (Å²) >= 11 is 0. The average molecular weight is 433 g/mol. The summed E-state index contributed by atoms with van der Waals surface area (Å²) in [4.78, 5) is 0. The van der Waals surface area contributed by atoms with Gasteiger partial charge in [0.25, 0.3) is 0 Å². The molecule has 0 spiro atoms. The SMILES string of the molecule is C=CC1CCC(C2CCC(C3CC=C(c4cc(F)c(OCF)c(F)c4)CC3)CC2)CC1. The van der Waals surface area contributed by atoms with Gasteiger partial charge in [-0.1, -0.05) is 12.2 Å². The van der Waals surface area contributed by atoms with Crippen LogP contribution in [0.5, 0.6) is 5.75 Å². The lowest BCUT2D eigenvalue weighted by Crippen LogP contribution is -2.28. The van der Waals surface area contributed by atoms with Crippen LogP contribution in [0.2, 0.25) is 0 Å². The number of allylic oxidation sites excluding steroid dienone is 3. The molecule has 0 saturated heterocycles. The number of alkyl halides is 1. The zero-order valence-electron chi connectivity index (χ0n) is 18.4. The van der Waals surface area contributed by atoms with Gasteiger partial charge in [-0.3, -0.25) is 0 Å². The summed E-state index contributed by atoms with van der Waals surface area (Å²) in [7, 11) is 0. The van der Waals surface area contributed by atoms with Gasteiger partial charge >= 0.3 is 0 Å². The van der Waals surface area contributed by atoms with E-state index in [9.17, 15) is 13.2 Å². The predicted octanol–water partition coefficient (Wildman–Crippen LogP) is 8.25. The molecule has 1 nitrogen and oxygen atoms in total. The smallest absolute Gasteiger partial charge is 0.228 e. The molecule has 0 aromatic heterocycles. The molecule has 1 aromatic carbocycles. The first-order chi connectivity index (χ1) is 15.1. The number of ether oxygens (including phenoxy) is 1. The molecule has 1 atom stereocenters. The molecule has 0 N–H and O–H groups in total. The fourth-order valence-corrected chi connectivity index (χ4v) is 6.42. The highest BCUT2D eigenvalue weighted by Crippen LogP contribution is 2.46. The van der Waals surface area contributed by atoms with Crippen molar-refractivity contribution in [2.24, 2.45) is 29.6 Å². The van der Waals surface area contributed by atoms with Crippen molar-refractivity contribution >= 4 is 5.57 Å². The van der Waals surface area contributed by atoms with Crippen LogP contribution in [0.4, 0.5) is 13.2 Å². The molecule has 31 heavy (non-hydrogen) atoms. The van der Waals surface area contributed by atoms with Crippen LogP contribution in [0.15, 0.2) is 30.9 Å². The van der Waals surface area contributed by atoms with Crippen LogP contribution < -0.4 is 4.74 Å². The van der Waals surface area contributed by atoms with E-state index >= 15 is 0 Å². The Labute approximate surface area is 184 Å². The highest BCUT2D eigenvalue weighted by Gasteiger charge is 2.33. The summed E-state index contributed by atoms with van der Waals surface area (Å²) < 4.78 is 44.9. The maximum atomic E-state index is 14.1. The van der Waals surface area contributed by atoms with Crippen LogP contribution >= 0.6 is 0 Å². The largest absolute Gasteiger partial charge is 0.457 e. The molecule has 0 aliphatic heterocycles. The molecule has 170 valence electrons. The Morgan fingerprint density at radius 1 is 0.839 bits per heavy atom. The first-order valence-corrected chi connectivity index (χ1v) is 12.1. The van der Waals surface area contributed by atoms with Crippen LogP contribution in [0.1, 0.15) is 76.2 Å². The van der Waals surface area contributed by atoms with E-state index in [0.717, 1.165) is 48.5 Å². The zero-order chi connectivity index (χ0) is 21.8. The summed E-state index contributed by atoms with van der Waals surface area (Å²) in [6.45, 7) is 2.73.